The van der Waals surface area contributed by atoms with Crippen LogP contribution in [0.4, 0.5) is 0 Å². The summed E-state index contributed by atoms with van der Waals surface area (Å²) >= 11 is 0. The molecule has 0 amide bonds. The zero-order valence-corrected chi connectivity index (χ0v) is 13.2. The topological polar surface area (TPSA) is 33.1 Å². The average molecular weight is 266 g/mol. The third-order valence-electron chi connectivity index (χ3n) is 3.26. The summed E-state index contributed by atoms with van der Waals surface area (Å²) in [5, 5.41) is 8.28. The molecule has 19 heavy (non-hydrogen) atoms. The van der Waals surface area contributed by atoms with Gasteiger partial charge in [-0.25, -0.2) is 0 Å². The molecular formula is C15H30N4. The van der Waals surface area contributed by atoms with Gasteiger partial charge in [0.1, 0.15) is 0 Å². The fourth-order valence-electron chi connectivity index (χ4n) is 2.07. The Morgan fingerprint density at radius 2 is 2.11 bits per heavy atom. The second-order valence-corrected chi connectivity index (χ2v) is 5.83. The number of hydrogen-bond acceptors (Lipinski definition) is 3. The van der Waals surface area contributed by atoms with E-state index in [-0.39, 0.29) is 0 Å². The summed E-state index contributed by atoms with van der Waals surface area (Å²) < 4.78 is 2.04. The van der Waals surface area contributed by atoms with Crippen LogP contribution in [0.15, 0.2) is 12.3 Å². The van der Waals surface area contributed by atoms with E-state index in [1.165, 1.54) is 18.5 Å². The van der Waals surface area contributed by atoms with Crippen LogP contribution < -0.4 is 5.32 Å². The average Bonchev–Trinajstić information content (AvgIpc) is 2.81. The third kappa shape index (κ3) is 6.21. The Labute approximate surface area is 118 Å². The summed E-state index contributed by atoms with van der Waals surface area (Å²) in [4.78, 5) is 2.24. The Balaban J connectivity index is 2.53. The molecule has 1 rings (SSSR count). The van der Waals surface area contributed by atoms with Gasteiger partial charge in [-0.1, -0.05) is 6.92 Å². The SMILES string of the molecule is CCCNC(CCN(C)C)Cc1ccn(C(C)C)n1. The zero-order valence-electron chi connectivity index (χ0n) is 13.2. The monoisotopic (exact) mass is 266 g/mol. The first-order valence-corrected chi connectivity index (χ1v) is 7.45. The lowest BCUT2D eigenvalue weighted by molar-refractivity contribution is 0.354. The first-order valence-electron chi connectivity index (χ1n) is 7.45. The van der Waals surface area contributed by atoms with Crippen molar-refractivity contribution < 1.29 is 0 Å². The molecule has 4 heteroatoms. The highest BCUT2D eigenvalue weighted by atomic mass is 15.3. The van der Waals surface area contributed by atoms with Gasteiger partial charge in [0.05, 0.1) is 5.69 Å². The third-order valence-corrected chi connectivity index (χ3v) is 3.26. The molecule has 1 aromatic heterocycles. The highest BCUT2D eigenvalue weighted by molar-refractivity contribution is 5.02. The van der Waals surface area contributed by atoms with Gasteiger partial charge in [-0.15, -0.1) is 0 Å². The first kappa shape index (κ1) is 16.2. The van der Waals surface area contributed by atoms with E-state index < -0.39 is 0 Å². The molecule has 0 saturated carbocycles. The standard InChI is InChI=1S/C15H30N4/c1-6-9-16-14(7-10-18(4)5)12-15-8-11-19(17-15)13(2)3/h8,11,13-14,16H,6-7,9-10,12H2,1-5H3. The summed E-state index contributed by atoms with van der Waals surface area (Å²) in [6.07, 6.45) is 5.46. The van der Waals surface area contributed by atoms with Crippen molar-refractivity contribution in [1.29, 1.82) is 0 Å². The second kappa shape index (κ2) is 8.33. The van der Waals surface area contributed by atoms with Gasteiger partial charge in [-0.3, -0.25) is 4.68 Å². The fourth-order valence-corrected chi connectivity index (χ4v) is 2.07. The predicted molar refractivity (Wildman–Crippen MR) is 81.6 cm³/mol. The van der Waals surface area contributed by atoms with E-state index in [0.29, 0.717) is 12.1 Å². The van der Waals surface area contributed by atoms with E-state index in [1.807, 2.05) is 4.68 Å². The number of aromatic nitrogens is 2. The van der Waals surface area contributed by atoms with Crippen LogP contribution in [0.5, 0.6) is 0 Å². The van der Waals surface area contributed by atoms with Gasteiger partial charge in [0.25, 0.3) is 0 Å². The normalized spacial score (nSPS) is 13.4. The molecule has 0 spiro atoms. The van der Waals surface area contributed by atoms with Crippen LogP contribution in [0, 0.1) is 0 Å². The molecule has 0 radical (unpaired) electrons. The van der Waals surface area contributed by atoms with Gasteiger partial charge in [0, 0.05) is 24.7 Å². The van der Waals surface area contributed by atoms with Crippen molar-refractivity contribution in [3.8, 4) is 0 Å². The van der Waals surface area contributed by atoms with E-state index in [0.717, 1.165) is 19.5 Å². The lowest BCUT2D eigenvalue weighted by atomic mass is 10.1. The molecule has 1 heterocycles. The molecular weight excluding hydrogens is 236 g/mol. The maximum Gasteiger partial charge on any atom is 0.0640 e. The van der Waals surface area contributed by atoms with Crippen molar-refractivity contribution in [2.24, 2.45) is 0 Å². The molecule has 1 atom stereocenters. The van der Waals surface area contributed by atoms with E-state index >= 15 is 0 Å². The smallest absolute Gasteiger partial charge is 0.0640 e. The number of nitrogens with one attached hydrogen (secondary N) is 1. The van der Waals surface area contributed by atoms with Crippen LogP contribution in [0.1, 0.15) is 45.3 Å². The minimum atomic E-state index is 0.442. The highest BCUT2D eigenvalue weighted by Crippen LogP contribution is 2.08. The Bertz CT molecular complexity index is 344. The molecule has 0 aliphatic rings. The first-order chi connectivity index (χ1) is 9.02. The molecule has 0 aromatic carbocycles. The van der Waals surface area contributed by atoms with Crippen LogP contribution in [0.2, 0.25) is 0 Å². The van der Waals surface area contributed by atoms with Gasteiger partial charge >= 0.3 is 0 Å². The molecule has 1 unspecified atom stereocenters. The Morgan fingerprint density at radius 1 is 1.37 bits per heavy atom. The van der Waals surface area contributed by atoms with Crippen LogP contribution >= 0.6 is 0 Å². The molecule has 0 aliphatic carbocycles. The van der Waals surface area contributed by atoms with Gasteiger partial charge in [-0.05, 0) is 59.9 Å². The molecule has 0 fully saturated rings. The lowest BCUT2D eigenvalue weighted by Crippen LogP contribution is -2.34. The van der Waals surface area contributed by atoms with Crippen LogP contribution in [-0.2, 0) is 6.42 Å². The molecule has 0 aliphatic heterocycles. The Kier molecular flexibility index (Phi) is 7.10. The summed E-state index contributed by atoms with van der Waals surface area (Å²) in [6, 6.07) is 3.12. The van der Waals surface area contributed by atoms with Crippen molar-refractivity contribution in [1.82, 2.24) is 20.0 Å². The summed E-state index contributed by atoms with van der Waals surface area (Å²) in [5.41, 5.74) is 1.20. The minimum Gasteiger partial charge on any atom is -0.314 e. The van der Waals surface area contributed by atoms with Gasteiger partial charge in [0.2, 0.25) is 0 Å². The van der Waals surface area contributed by atoms with E-state index in [9.17, 15) is 0 Å². The van der Waals surface area contributed by atoms with Crippen molar-refractivity contribution in [2.75, 3.05) is 27.2 Å². The molecule has 1 aromatic rings. The van der Waals surface area contributed by atoms with E-state index in [1.54, 1.807) is 0 Å². The maximum atomic E-state index is 4.65. The summed E-state index contributed by atoms with van der Waals surface area (Å²) in [7, 11) is 4.26. The zero-order chi connectivity index (χ0) is 14.3. The maximum absolute atomic E-state index is 4.65. The van der Waals surface area contributed by atoms with Crippen LogP contribution in [0.25, 0.3) is 0 Å². The summed E-state index contributed by atoms with van der Waals surface area (Å²) in [5.74, 6) is 0. The highest BCUT2D eigenvalue weighted by Gasteiger charge is 2.11. The van der Waals surface area contributed by atoms with Crippen LogP contribution in [0.3, 0.4) is 0 Å². The Morgan fingerprint density at radius 3 is 2.63 bits per heavy atom. The minimum absolute atomic E-state index is 0.442. The Hall–Kier alpha value is -0.870. The largest absolute Gasteiger partial charge is 0.314 e. The number of rotatable bonds is 9. The number of nitrogens with zero attached hydrogens (tertiary/aromatic N) is 3. The number of hydrogen-bond donors (Lipinski definition) is 1. The van der Waals surface area contributed by atoms with Gasteiger partial charge in [0.15, 0.2) is 0 Å². The van der Waals surface area contributed by atoms with Crippen molar-refractivity contribution in [2.45, 2.75) is 52.1 Å². The lowest BCUT2D eigenvalue weighted by Gasteiger charge is -2.20. The van der Waals surface area contributed by atoms with Gasteiger partial charge in [-0.2, -0.15) is 5.10 Å². The van der Waals surface area contributed by atoms with E-state index in [4.69, 9.17) is 0 Å². The molecule has 0 bridgehead atoms. The molecule has 1 N–H and O–H groups in total. The molecule has 4 nitrogen and oxygen atoms in total. The van der Waals surface area contributed by atoms with Crippen molar-refractivity contribution in [3.63, 3.8) is 0 Å². The summed E-state index contributed by atoms with van der Waals surface area (Å²) in [6.45, 7) is 8.74. The predicted octanol–water partition coefficient (Wildman–Crippen LogP) is 2.33. The second-order valence-electron chi connectivity index (χ2n) is 5.83. The van der Waals surface area contributed by atoms with Crippen molar-refractivity contribution >= 4 is 0 Å². The van der Waals surface area contributed by atoms with Crippen LogP contribution in [-0.4, -0.2) is 47.9 Å². The van der Waals surface area contributed by atoms with E-state index in [2.05, 4.69) is 62.4 Å². The molecule has 110 valence electrons. The fraction of sp³-hybridized carbons (Fsp3) is 0.800. The van der Waals surface area contributed by atoms with Gasteiger partial charge < -0.3 is 10.2 Å². The molecule has 0 saturated heterocycles. The quantitative estimate of drug-likeness (QED) is 0.744. The van der Waals surface area contributed by atoms with Crippen molar-refractivity contribution in [3.05, 3.63) is 18.0 Å².